The van der Waals surface area contributed by atoms with E-state index >= 15 is 0 Å². The van der Waals surface area contributed by atoms with Gasteiger partial charge in [-0.2, -0.15) is 0 Å². The minimum absolute atomic E-state index is 0.138. The number of likely N-dealkylation sites (tertiary alicyclic amines) is 1. The van der Waals surface area contributed by atoms with Gasteiger partial charge in [0.25, 0.3) is 0 Å². The first kappa shape index (κ1) is 25.7. The number of alkyl carbamates (subject to hydrolysis) is 1. The van der Waals surface area contributed by atoms with Crippen molar-refractivity contribution in [3.8, 4) is 0 Å². The molecule has 1 saturated heterocycles. The van der Waals surface area contributed by atoms with Crippen LogP contribution in [0.25, 0.3) is 0 Å². The Morgan fingerprint density at radius 2 is 1.43 bits per heavy atom. The average Bonchev–Trinajstić information content (AvgIpc) is 2.61. The maximum absolute atomic E-state index is 12.9. The molecule has 1 aliphatic heterocycles. The van der Waals surface area contributed by atoms with Gasteiger partial charge in [-0.05, 0) is 45.4 Å². The standard InChI is InChI=1S/C21H37N3O6/c1-12(2)15(23-20(29)30-21(5,6)7)18(26)24-10-8-14(9-11-24)17(25)22-16(13(3)4)19(27)28/h12-16H,8-11H2,1-7H3,(H,22,25)(H,23,29)(H,27,28)/p-1/t15-,16-/m0/s1. The van der Waals surface area contributed by atoms with Gasteiger partial charge in [0, 0.05) is 19.0 Å². The summed E-state index contributed by atoms with van der Waals surface area (Å²) in [6.45, 7) is 13.0. The number of carboxylic acids is 1. The number of nitrogens with one attached hydrogen (secondary N) is 2. The fraction of sp³-hybridized carbons (Fsp3) is 0.810. The fourth-order valence-electron chi connectivity index (χ4n) is 3.28. The lowest BCUT2D eigenvalue weighted by molar-refractivity contribution is -0.309. The molecule has 2 N–H and O–H groups in total. The average molecular weight is 427 g/mol. The van der Waals surface area contributed by atoms with Crippen LogP contribution in [0, 0.1) is 17.8 Å². The van der Waals surface area contributed by atoms with E-state index in [1.54, 1.807) is 39.5 Å². The predicted octanol–water partition coefficient (Wildman–Crippen LogP) is 0.665. The van der Waals surface area contributed by atoms with Crippen LogP contribution in [0.1, 0.15) is 61.3 Å². The monoisotopic (exact) mass is 426 g/mol. The number of hydrogen-bond donors (Lipinski definition) is 2. The Labute approximate surface area is 178 Å². The largest absolute Gasteiger partial charge is 0.548 e. The molecule has 1 rings (SSSR count). The molecule has 2 atom stereocenters. The van der Waals surface area contributed by atoms with Gasteiger partial charge in [0.2, 0.25) is 11.8 Å². The van der Waals surface area contributed by atoms with Crippen molar-refractivity contribution in [1.29, 1.82) is 0 Å². The zero-order chi connectivity index (χ0) is 23.2. The summed E-state index contributed by atoms with van der Waals surface area (Å²) in [4.78, 5) is 50.3. The molecule has 30 heavy (non-hydrogen) atoms. The van der Waals surface area contributed by atoms with Gasteiger partial charge in [0.1, 0.15) is 11.6 Å². The van der Waals surface area contributed by atoms with Crippen LogP contribution in [-0.2, 0) is 19.1 Å². The molecule has 0 spiro atoms. The van der Waals surface area contributed by atoms with Crippen molar-refractivity contribution in [2.45, 2.75) is 79.0 Å². The summed E-state index contributed by atoms with van der Waals surface area (Å²) in [6.07, 6.45) is 0.199. The van der Waals surface area contributed by atoms with E-state index in [9.17, 15) is 24.3 Å². The summed E-state index contributed by atoms with van der Waals surface area (Å²) in [7, 11) is 0. The van der Waals surface area contributed by atoms with E-state index in [0.29, 0.717) is 25.9 Å². The van der Waals surface area contributed by atoms with E-state index in [-0.39, 0.29) is 29.6 Å². The van der Waals surface area contributed by atoms with Crippen molar-refractivity contribution in [3.63, 3.8) is 0 Å². The summed E-state index contributed by atoms with van der Waals surface area (Å²) < 4.78 is 5.25. The van der Waals surface area contributed by atoms with Gasteiger partial charge in [0.05, 0.1) is 12.0 Å². The molecule has 0 aromatic heterocycles. The number of carboxylic acid groups (broad SMARTS) is 1. The highest BCUT2D eigenvalue weighted by Gasteiger charge is 2.34. The van der Waals surface area contributed by atoms with Crippen LogP contribution in [0.5, 0.6) is 0 Å². The lowest BCUT2D eigenvalue weighted by atomic mass is 9.93. The van der Waals surface area contributed by atoms with Gasteiger partial charge < -0.3 is 30.2 Å². The van der Waals surface area contributed by atoms with Gasteiger partial charge in [-0.15, -0.1) is 0 Å². The lowest BCUT2D eigenvalue weighted by Crippen LogP contribution is -2.55. The minimum Gasteiger partial charge on any atom is -0.548 e. The van der Waals surface area contributed by atoms with Crippen LogP contribution in [0.15, 0.2) is 0 Å². The van der Waals surface area contributed by atoms with Crippen molar-refractivity contribution in [3.05, 3.63) is 0 Å². The van der Waals surface area contributed by atoms with Gasteiger partial charge >= 0.3 is 6.09 Å². The zero-order valence-corrected chi connectivity index (χ0v) is 19.1. The quantitative estimate of drug-likeness (QED) is 0.616. The molecule has 9 nitrogen and oxygen atoms in total. The fourth-order valence-corrected chi connectivity index (χ4v) is 3.28. The number of aliphatic carboxylic acids is 1. The smallest absolute Gasteiger partial charge is 0.408 e. The van der Waals surface area contributed by atoms with Crippen LogP contribution in [0.2, 0.25) is 0 Å². The number of carbonyl (C=O) groups excluding carboxylic acids is 4. The van der Waals surface area contributed by atoms with Crippen LogP contribution in [-0.4, -0.2) is 59.6 Å². The molecule has 0 unspecified atom stereocenters. The summed E-state index contributed by atoms with van der Waals surface area (Å²) in [5.74, 6) is -2.65. The van der Waals surface area contributed by atoms with Gasteiger partial charge in [-0.3, -0.25) is 9.59 Å². The SMILES string of the molecule is CC(C)[C@H](NC(=O)C1CCN(C(=O)[C@@H](NC(=O)OC(C)(C)C)C(C)C)CC1)C(=O)[O-]. The third kappa shape index (κ3) is 7.84. The van der Waals surface area contributed by atoms with Crippen LogP contribution in [0.3, 0.4) is 0 Å². The Morgan fingerprint density at radius 1 is 0.933 bits per heavy atom. The summed E-state index contributed by atoms with van der Waals surface area (Å²) in [5, 5.41) is 16.4. The zero-order valence-electron chi connectivity index (χ0n) is 19.1. The molecular formula is C21H36N3O6-. The van der Waals surface area contributed by atoms with Crippen molar-refractivity contribution >= 4 is 23.9 Å². The second-order valence-corrected chi connectivity index (χ2v) is 9.52. The molecule has 1 heterocycles. The molecule has 1 aliphatic rings. The number of rotatable bonds is 7. The van der Waals surface area contributed by atoms with Crippen molar-refractivity contribution in [2.75, 3.05) is 13.1 Å². The molecule has 3 amide bonds. The van der Waals surface area contributed by atoms with Crippen LogP contribution >= 0.6 is 0 Å². The van der Waals surface area contributed by atoms with Crippen molar-refractivity contribution in [1.82, 2.24) is 15.5 Å². The summed E-state index contributed by atoms with van der Waals surface area (Å²) in [5.41, 5.74) is -0.667. The van der Waals surface area contributed by atoms with E-state index in [1.165, 1.54) is 0 Å². The van der Waals surface area contributed by atoms with E-state index in [2.05, 4.69) is 10.6 Å². The molecule has 1 fully saturated rings. The molecule has 0 saturated carbocycles. The highest BCUT2D eigenvalue weighted by molar-refractivity contribution is 5.87. The second kappa shape index (κ2) is 10.6. The maximum Gasteiger partial charge on any atom is 0.408 e. The third-order valence-corrected chi connectivity index (χ3v) is 5.00. The van der Waals surface area contributed by atoms with Crippen LogP contribution in [0.4, 0.5) is 4.79 Å². The lowest BCUT2D eigenvalue weighted by Gasteiger charge is -2.36. The van der Waals surface area contributed by atoms with Gasteiger partial charge in [-0.1, -0.05) is 27.7 Å². The number of ether oxygens (including phenoxy) is 1. The van der Waals surface area contributed by atoms with E-state index in [4.69, 9.17) is 4.74 Å². The van der Waals surface area contributed by atoms with Crippen molar-refractivity contribution in [2.24, 2.45) is 17.8 Å². The van der Waals surface area contributed by atoms with E-state index in [1.807, 2.05) is 13.8 Å². The molecule has 0 aliphatic carbocycles. The summed E-state index contributed by atoms with van der Waals surface area (Å²) >= 11 is 0. The number of piperidine rings is 1. The topological polar surface area (TPSA) is 128 Å². The third-order valence-electron chi connectivity index (χ3n) is 5.00. The minimum atomic E-state index is -1.31. The Kier molecular flexibility index (Phi) is 9.11. The molecule has 0 aromatic rings. The van der Waals surface area contributed by atoms with Crippen molar-refractivity contribution < 1.29 is 29.0 Å². The highest BCUT2D eigenvalue weighted by atomic mass is 16.6. The van der Waals surface area contributed by atoms with E-state index in [0.717, 1.165) is 0 Å². The molecule has 172 valence electrons. The maximum atomic E-state index is 12.9. The Bertz CT molecular complexity index is 633. The normalized spacial score (nSPS) is 17.4. The number of nitrogens with zero attached hydrogens (tertiary/aromatic N) is 1. The Hall–Kier alpha value is -2.32. The first-order chi connectivity index (χ1) is 13.7. The predicted molar refractivity (Wildman–Crippen MR) is 109 cm³/mol. The number of carbonyl (C=O) groups is 4. The summed E-state index contributed by atoms with van der Waals surface area (Å²) in [6, 6.07) is -1.77. The Balaban J connectivity index is 2.67. The van der Waals surface area contributed by atoms with E-state index < -0.39 is 29.7 Å². The molecule has 0 bridgehead atoms. The number of amides is 3. The molecule has 0 radical (unpaired) electrons. The van der Waals surface area contributed by atoms with Crippen LogP contribution < -0.4 is 15.7 Å². The molecular weight excluding hydrogens is 390 g/mol. The second-order valence-electron chi connectivity index (χ2n) is 9.52. The molecule has 0 aromatic carbocycles. The first-order valence-electron chi connectivity index (χ1n) is 10.5. The number of hydrogen-bond acceptors (Lipinski definition) is 6. The Morgan fingerprint density at radius 3 is 1.83 bits per heavy atom. The first-order valence-corrected chi connectivity index (χ1v) is 10.5. The highest BCUT2D eigenvalue weighted by Crippen LogP contribution is 2.20. The molecule has 9 heteroatoms. The van der Waals surface area contributed by atoms with Gasteiger partial charge in [0.15, 0.2) is 0 Å². The van der Waals surface area contributed by atoms with Gasteiger partial charge in [-0.25, -0.2) is 4.79 Å².